The predicted molar refractivity (Wildman–Crippen MR) is 92.3 cm³/mol. The van der Waals surface area contributed by atoms with Crippen molar-refractivity contribution in [3.8, 4) is 0 Å². The lowest BCUT2D eigenvalue weighted by molar-refractivity contribution is -0.160. The van der Waals surface area contributed by atoms with Gasteiger partial charge in [-0.3, -0.25) is 9.59 Å². The summed E-state index contributed by atoms with van der Waals surface area (Å²) in [5.41, 5.74) is 0.381. The zero-order valence-electron chi connectivity index (χ0n) is 15.5. The molecule has 0 bridgehead atoms. The van der Waals surface area contributed by atoms with Crippen LogP contribution >= 0.6 is 0 Å². The van der Waals surface area contributed by atoms with Gasteiger partial charge in [0, 0.05) is 18.8 Å². The third kappa shape index (κ3) is 2.29. The summed E-state index contributed by atoms with van der Waals surface area (Å²) in [6.07, 6.45) is 10.2. The zero-order chi connectivity index (χ0) is 17.1. The highest BCUT2D eigenvalue weighted by molar-refractivity contribution is 5.87. The van der Waals surface area contributed by atoms with Gasteiger partial charge in [0.05, 0.1) is 0 Å². The van der Waals surface area contributed by atoms with E-state index in [4.69, 9.17) is 4.74 Å². The first-order valence-electron chi connectivity index (χ1n) is 10.0. The maximum atomic E-state index is 12.5. The van der Waals surface area contributed by atoms with E-state index >= 15 is 0 Å². The van der Waals surface area contributed by atoms with E-state index in [1.54, 1.807) is 0 Å². The number of fused-ring (bicyclic) bond motifs is 5. The Balaban J connectivity index is 1.54. The quantitative estimate of drug-likeness (QED) is 0.663. The van der Waals surface area contributed by atoms with Crippen LogP contribution in [0.2, 0.25) is 0 Å². The summed E-state index contributed by atoms with van der Waals surface area (Å²) < 4.78 is 5.54. The monoisotopic (exact) mass is 332 g/mol. The van der Waals surface area contributed by atoms with Crippen LogP contribution in [0.5, 0.6) is 0 Å². The predicted octanol–water partition coefficient (Wildman–Crippen LogP) is 4.53. The Morgan fingerprint density at radius 1 is 1.04 bits per heavy atom. The number of ketones is 1. The molecule has 4 aliphatic carbocycles. The minimum absolute atomic E-state index is 0.0146. The molecule has 24 heavy (non-hydrogen) atoms. The minimum Gasteiger partial charge on any atom is -0.463 e. The molecular weight excluding hydrogens is 300 g/mol. The number of ether oxygens (including phenoxy) is 1. The fourth-order valence-corrected chi connectivity index (χ4v) is 7.33. The van der Waals surface area contributed by atoms with Crippen LogP contribution in [0, 0.1) is 34.5 Å². The van der Waals surface area contributed by atoms with Gasteiger partial charge in [-0.2, -0.15) is 0 Å². The maximum Gasteiger partial charge on any atom is 0.302 e. The summed E-state index contributed by atoms with van der Waals surface area (Å²) in [5, 5.41) is 0. The van der Waals surface area contributed by atoms with Crippen molar-refractivity contribution < 1.29 is 14.3 Å². The van der Waals surface area contributed by atoms with Crippen LogP contribution in [0.1, 0.15) is 78.6 Å². The lowest BCUT2D eigenvalue weighted by Crippen LogP contribution is -2.54. The Bertz CT molecular complexity index is 555. The molecule has 0 heterocycles. The number of carbonyl (C=O) groups is 2. The summed E-state index contributed by atoms with van der Waals surface area (Å²) in [4.78, 5) is 23.8. The first-order chi connectivity index (χ1) is 11.3. The highest BCUT2D eigenvalue weighted by Gasteiger charge is 2.60. The molecule has 4 fully saturated rings. The van der Waals surface area contributed by atoms with E-state index in [1.807, 2.05) is 0 Å². The third-order valence-electron chi connectivity index (χ3n) is 8.66. The molecule has 0 aromatic rings. The molecule has 0 saturated heterocycles. The van der Waals surface area contributed by atoms with Gasteiger partial charge in [-0.05, 0) is 80.5 Å². The van der Waals surface area contributed by atoms with Gasteiger partial charge in [-0.25, -0.2) is 0 Å². The highest BCUT2D eigenvalue weighted by atomic mass is 16.5. The first kappa shape index (κ1) is 16.6. The van der Waals surface area contributed by atoms with Crippen molar-refractivity contribution in [3.63, 3.8) is 0 Å². The molecule has 0 unspecified atom stereocenters. The van der Waals surface area contributed by atoms with Gasteiger partial charge in [-0.1, -0.05) is 13.8 Å². The summed E-state index contributed by atoms with van der Waals surface area (Å²) >= 11 is 0. The van der Waals surface area contributed by atoms with Gasteiger partial charge in [0.1, 0.15) is 11.9 Å². The lowest BCUT2D eigenvalue weighted by Gasteiger charge is -2.60. The number of hydrogen-bond donors (Lipinski definition) is 0. The molecule has 4 rings (SSSR count). The minimum atomic E-state index is -0.129. The topological polar surface area (TPSA) is 43.4 Å². The first-order valence-corrected chi connectivity index (χ1v) is 10.0. The van der Waals surface area contributed by atoms with E-state index in [0.29, 0.717) is 23.0 Å². The normalized spacial score (nSPS) is 50.6. The Morgan fingerprint density at radius 3 is 2.58 bits per heavy atom. The second-order valence-corrected chi connectivity index (χ2v) is 9.58. The molecule has 134 valence electrons. The molecule has 4 saturated carbocycles. The highest BCUT2D eigenvalue weighted by Crippen LogP contribution is 2.65. The van der Waals surface area contributed by atoms with Crippen LogP contribution in [0.25, 0.3) is 0 Å². The van der Waals surface area contributed by atoms with Gasteiger partial charge >= 0.3 is 5.97 Å². The van der Waals surface area contributed by atoms with Crippen LogP contribution in [-0.2, 0) is 14.3 Å². The van der Waals surface area contributed by atoms with E-state index < -0.39 is 0 Å². The summed E-state index contributed by atoms with van der Waals surface area (Å²) in [6.45, 7) is 6.30. The summed E-state index contributed by atoms with van der Waals surface area (Å²) in [5.74, 6) is 3.26. The van der Waals surface area contributed by atoms with E-state index in [2.05, 4.69) is 13.8 Å². The Labute approximate surface area is 145 Å². The van der Waals surface area contributed by atoms with Crippen LogP contribution in [-0.4, -0.2) is 17.9 Å². The van der Waals surface area contributed by atoms with Crippen molar-refractivity contribution >= 4 is 11.8 Å². The molecule has 7 atom stereocenters. The van der Waals surface area contributed by atoms with E-state index in [0.717, 1.165) is 43.9 Å². The molecule has 0 amide bonds. The van der Waals surface area contributed by atoms with Gasteiger partial charge in [-0.15, -0.1) is 0 Å². The number of carbonyl (C=O) groups excluding carboxylic acids is 2. The van der Waals surface area contributed by atoms with Crippen molar-refractivity contribution in [2.24, 2.45) is 34.5 Å². The molecule has 3 nitrogen and oxygen atoms in total. The van der Waals surface area contributed by atoms with E-state index in [9.17, 15) is 9.59 Å². The van der Waals surface area contributed by atoms with Crippen LogP contribution in [0.3, 0.4) is 0 Å². The van der Waals surface area contributed by atoms with Crippen molar-refractivity contribution in [1.82, 2.24) is 0 Å². The number of esters is 1. The van der Waals surface area contributed by atoms with Crippen LogP contribution in [0.15, 0.2) is 0 Å². The number of Topliss-reactive ketones (excluding diaryl/α,β-unsaturated/α-hetero) is 1. The maximum absolute atomic E-state index is 12.5. The van der Waals surface area contributed by atoms with Crippen molar-refractivity contribution in [2.75, 3.05) is 0 Å². The Morgan fingerprint density at radius 2 is 1.83 bits per heavy atom. The molecule has 4 aliphatic rings. The zero-order valence-corrected chi connectivity index (χ0v) is 15.5. The second-order valence-electron chi connectivity index (χ2n) is 9.58. The van der Waals surface area contributed by atoms with Crippen LogP contribution in [0.4, 0.5) is 0 Å². The van der Waals surface area contributed by atoms with E-state index in [-0.39, 0.29) is 17.5 Å². The molecule has 0 N–H and O–H groups in total. The molecule has 0 spiro atoms. The smallest absolute Gasteiger partial charge is 0.302 e. The van der Waals surface area contributed by atoms with Crippen molar-refractivity contribution in [2.45, 2.75) is 84.7 Å². The van der Waals surface area contributed by atoms with Gasteiger partial charge in [0.2, 0.25) is 0 Å². The molecule has 0 radical (unpaired) electrons. The van der Waals surface area contributed by atoms with E-state index in [1.165, 1.54) is 32.6 Å². The number of hydrogen-bond acceptors (Lipinski definition) is 3. The summed E-state index contributed by atoms with van der Waals surface area (Å²) in [6, 6.07) is 0. The Hall–Kier alpha value is -0.860. The molecule has 0 aliphatic heterocycles. The molecule has 3 heteroatoms. The van der Waals surface area contributed by atoms with Gasteiger partial charge in [0.25, 0.3) is 0 Å². The third-order valence-corrected chi connectivity index (χ3v) is 8.66. The van der Waals surface area contributed by atoms with Gasteiger partial charge in [0.15, 0.2) is 0 Å². The van der Waals surface area contributed by atoms with Crippen molar-refractivity contribution in [1.29, 1.82) is 0 Å². The molecule has 0 aromatic heterocycles. The standard InChI is InChI=1S/C21H32O3/c1-13(22)24-15-8-10-20(2)14(12-15)4-5-16-17-6-7-19(23)21(17,3)11-9-18(16)20/h14-18H,4-12H2,1-3H3/t14-,15+,16+,17+,18+,20-,21-/m0/s1. The average Bonchev–Trinajstić information content (AvgIpc) is 2.83. The average molecular weight is 332 g/mol. The Kier molecular flexibility index (Phi) is 3.85. The number of rotatable bonds is 1. The fourth-order valence-electron chi connectivity index (χ4n) is 7.33. The summed E-state index contributed by atoms with van der Waals surface area (Å²) in [7, 11) is 0. The van der Waals surface area contributed by atoms with Crippen molar-refractivity contribution in [3.05, 3.63) is 0 Å². The molecule has 0 aromatic carbocycles. The second kappa shape index (κ2) is 5.57. The SMILES string of the molecule is CC(=O)O[C@@H]1CC[C@@]2(C)[C@@H](CC[C@H]3[C@H]2CC[C@]2(C)C(=O)CC[C@H]32)C1. The lowest BCUT2D eigenvalue weighted by atomic mass is 9.45. The fraction of sp³-hybridized carbons (Fsp3) is 0.905. The van der Waals surface area contributed by atoms with Gasteiger partial charge < -0.3 is 4.74 Å². The van der Waals surface area contributed by atoms with Crippen LogP contribution < -0.4 is 0 Å². The molecular formula is C21H32O3. The largest absolute Gasteiger partial charge is 0.463 e.